The summed E-state index contributed by atoms with van der Waals surface area (Å²) in [5, 5.41) is 6.01. The highest BCUT2D eigenvalue weighted by molar-refractivity contribution is 6.25. The Morgan fingerprint density at radius 2 is 2.64 bits per heavy atom. The van der Waals surface area contributed by atoms with Crippen LogP contribution in [-0.2, 0) is 4.74 Å². The van der Waals surface area contributed by atoms with Gasteiger partial charge in [-0.05, 0) is 6.07 Å². The molecule has 0 aromatic carbocycles. The Bertz CT molecular complexity index is 256. The van der Waals surface area contributed by atoms with E-state index in [1.165, 1.54) is 12.3 Å². The minimum Gasteiger partial charge on any atom is -0.429 e. The topological polar surface area (TPSA) is 55.0 Å². The molecule has 0 radical (unpaired) electrons. The fourth-order valence-electron chi connectivity index (χ4n) is 0.521. The Labute approximate surface area is 67.8 Å². The number of aromatic nitrogens is 2. The van der Waals surface area contributed by atoms with Gasteiger partial charge in [-0.1, -0.05) is 11.6 Å². The average molecular weight is 173 g/mol. The molecule has 0 bridgehead atoms. The van der Waals surface area contributed by atoms with E-state index < -0.39 is 5.97 Å². The minimum atomic E-state index is -0.514. The van der Waals surface area contributed by atoms with Gasteiger partial charge >= 0.3 is 5.97 Å². The first-order chi connectivity index (χ1) is 5.34. The van der Waals surface area contributed by atoms with Crippen LogP contribution in [-0.4, -0.2) is 16.2 Å². The van der Waals surface area contributed by atoms with Crippen LogP contribution >= 0.6 is 11.6 Å². The summed E-state index contributed by atoms with van der Waals surface area (Å²) < 4.78 is 4.51. The first-order valence-corrected chi connectivity index (χ1v) is 3.24. The van der Waals surface area contributed by atoms with E-state index in [1.807, 2.05) is 0 Å². The highest BCUT2D eigenvalue weighted by atomic mass is 35.5. The number of H-pyrrole nitrogens is 1. The number of nitrogens with zero attached hydrogens (tertiary/aromatic N) is 1. The highest BCUT2D eigenvalue weighted by Crippen LogP contribution is 1.95. The summed E-state index contributed by atoms with van der Waals surface area (Å²) in [4.78, 5) is 10.9. The van der Waals surface area contributed by atoms with Crippen molar-refractivity contribution in [2.75, 3.05) is 0 Å². The second kappa shape index (κ2) is 3.78. The SMILES string of the molecule is O=C(OC=CCl)c1ccn[nH]1. The summed E-state index contributed by atoms with van der Waals surface area (Å²) >= 11 is 5.12. The van der Waals surface area contributed by atoms with Crippen molar-refractivity contribution in [2.24, 2.45) is 0 Å². The zero-order chi connectivity index (χ0) is 8.10. The van der Waals surface area contributed by atoms with Gasteiger partial charge in [0.05, 0.1) is 0 Å². The molecule has 0 saturated heterocycles. The van der Waals surface area contributed by atoms with Gasteiger partial charge in [0.25, 0.3) is 0 Å². The number of esters is 1. The van der Waals surface area contributed by atoms with E-state index >= 15 is 0 Å². The van der Waals surface area contributed by atoms with Gasteiger partial charge < -0.3 is 4.74 Å². The molecular formula is C6H5ClN2O2. The maximum Gasteiger partial charge on any atom is 0.361 e. The van der Waals surface area contributed by atoms with E-state index in [2.05, 4.69) is 14.9 Å². The lowest BCUT2D eigenvalue weighted by Crippen LogP contribution is -2.00. The predicted molar refractivity (Wildman–Crippen MR) is 39.0 cm³/mol. The number of aromatic amines is 1. The highest BCUT2D eigenvalue weighted by Gasteiger charge is 2.04. The van der Waals surface area contributed by atoms with Gasteiger partial charge in [-0.15, -0.1) is 0 Å². The molecule has 0 aliphatic rings. The zero-order valence-corrected chi connectivity index (χ0v) is 6.21. The Kier molecular flexibility index (Phi) is 2.68. The van der Waals surface area contributed by atoms with Crippen molar-refractivity contribution in [3.8, 4) is 0 Å². The first-order valence-electron chi connectivity index (χ1n) is 2.80. The monoisotopic (exact) mass is 172 g/mol. The second-order valence-electron chi connectivity index (χ2n) is 1.64. The van der Waals surface area contributed by atoms with E-state index in [0.29, 0.717) is 5.69 Å². The number of rotatable bonds is 2. The van der Waals surface area contributed by atoms with E-state index in [-0.39, 0.29) is 0 Å². The van der Waals surface area contributed by atoms with Crippen LogP contribution in [0.15, 0.2) is 24.1 Å². The molecule has 4 nitrogen and oxygen atoms in total. The molecule has 1 heterocycles. The van der Waals surface area contributed by atoms with Crippen molar-refractivity contribution in [1.29, 1.82) is 0 Å². The molecule has 0 aliphatic heterocycles. The van der Waals surface area contributed by atoms with Crippen molar-refractivity contribution in [3.05, 3.63) is 29.8 Å². The van der Waals surface area contributed by atoms with E-state index in [0.717, 1.165) is 11.8 Å². The third-order valence-electron chi connectivity index (χ3n) is 0.947. The normalized spacial score (nSPS) is 10.3. The van der Waals surface area contributed by atoms with E-state index in [1.54, 1.807) is 0 Å². The van der Waals surface area contributed by atoms with Crippen LogP contribution in [0.5, 0.6) is 0 Å². The fourth-order valence-corrected chi connectivity index (χ4v) is 0.572. The molecule has 11 heavy (non-hydrogen) atoms. The van der Waals surface area contributed by atoms with Gasteiger partial charge in [0.2, 0.25) is 0 Å². The summed E-state index contributed by atoms with van der Waals surface area (Å²) in [6, 6.07) is 1.50. The Morgan fingerprint density at radius 1 is 1.82 bits per heavy atom. The maximum absolute atomic E-state index is 10.9. The molecular weight excluding hydrogens is 168 g/mol. The molecule has 1 rings (SSSR count). The molecule has 1 N–H and O–H groups in total. The minimum absolute atomic E-state index is 0.291. The third-order valence-corrected chi connectivity index (χ3v) is 1.05. The molecule has 0 aliphatic carbocycles. The molecule has 0 saturated carbocycles. The number of nitrogens with one attached hydrogen (secondary N) is 1. The van der Waals surface area contributed by atoms with E-state index in [4.69, 9.17) is 11.6 Å². The lowest BCUT2D eigenvalue weighted by molar-refractivity contribution is 0.0657. The van der Waals surface area contributed by atoms with Gasteiger partial charge in [-0.2, -0.15) is 5.10 Å². The molecule has 0 fully saturated rings. The molecule has 0 unspecified atom stereocenters. The summed E-state index contributed by atoms with van der Waals surface area (Å²) in [5.74, 6) is -0.514. The third kappa shape index (κ3) is 2.09. The predicted octanol–water partition coefficient (Wildman–Crippen LogP) is 1.28. The smallest absolute Gasteiger partial charge is 0.361 e. The van der Waals surface area contributed by atoms with Gasteiger partial charge in [0, 0.05) is 11.7 Å². The standard InChI is InChI=1S/C6H5ClN2O2/c7-2-4-11-6(10)5-1-3-8-9-5/h1-4H,(H,8,9). The number of hydrogen-bond donors (Lipinski definition) is 1. The van der Waals surface area contributed by atoms with Gasteiger partial charge in [-0.3, -0.25) is 5.10 Å². The Balaban J connectivity index is 2.56. The molecule has 58 valence electrons. The lowest BCUT2D eigenvalue weighted by atomic mass is 10.4. The summed E-state index contributed by atoms with van der Waals surface area (Å²) in [6.45, 7) is 0. The Hall–Kier alpha value is -1.29. The van der Waals surface area contributed by atoms with E-state index in [9.17, 15) is 4.79 Å². The number of carbonyl (C=O) groups excluding carboxylic acids is 1. The van der Waals surface area contributed by atoms with Crippen LogP contribution in [0.25, 0.3) is 0 Å². The van der Waals surface area contributed by atoms with Crippen LogP contribution in [0.3, 0.4) is 0 Å². The number of halogens is 1. The summed E-state index contributed by atoms with van der Waals surface area (Å²) in [7, 11) is 0. The Morgan fingerprint density at radius 3 is 3.18 bits per heavy atom. The number of carbonyl (C=O) groups is 1. The van der Waals surface area contributed by atoms with Crippen molar-refractivity contribution in [3.63, 3.8) is 0 Å². The van der Waals surface area contributed by atoms with Crippen LogP contribution in [0, 0.1) is 0 Å². The van der Waals surface area contributed by atoms with Crippen LogP contribution in [0.1, 0.15) is 10.5 Å². The number of ether oxygens (including phenoxy) is 1. The quantitative estimate of drug-likeness (QED) is 0.540. The van der Waals surface area contributed by atoms with Crippen molar-refractivity contribution < 1.29 is 9.53 Å². The summed E-state index contributed by atoms with van der Waals surface area (Å²) in [5.41, 5.74) is 1.40. The van der Waals surface area contributed by atoms with Crippen molar-refractivity contribution >= 4 is 17.6 Å². The maximum atomic E-state index is 10.9. The molecule has 0 spiro atoms. The average Bonchev–Trinajstić information content (AvgIpc) is 2.52. The van der Waals surface area contributed by atoms with Gasteiger partial charge in [0.15, 0.2) is 0 Å². The molecule has 0 amide bonds. The second-order valence-corrected chi connectivity index (χ2v) is 1.89. The first kappa shape index (κ1) is 7.81. The van der Waals surface area contributed by atoms with Crippen molar-refractivity contribution in [2.45, 2.75) is 0 Å². The molecule has 5 heteroatoms. The largest absolute Gasteiger partial charge is 0.429 e. The molecule has 0 atom stereocenters. The van der Waals surface area contributed by atoms with Crippen LogP contribution < -0.4 is 0 Å². The zero-order valence-electron chi connectivity index (χ0n) is 5.45. The summed E-state index contributed by atoms with van der Waals surface area (Å²) in [6.07, 6.45) is 2.55. The lowest BCUT2D eigenvalue weighted by Gasteiger charge is -1.92. The van der Waals surface area contributed by atoms with Gasteiger partial charge in [-0.25, -0.2) is 4.79 Å². The molecule has 1 aromatic heterocycles. The molecule has 1 aromatic rings. The van der Waals surface area contributed by atoms with Crippen LogP contribution in [0.4, 0.5) is 0 Å². The fraction of sp³-hybridized carbons (Fsp3) is 0. The van der Waals surface area contributed by atoms with Crippen LogP contribution in [0.2, 0.25) is 0 Å². The van der Waals surface area contributed by atoms with Gasteiger partial charge in [0.1, 0.15) is 12.0 Å². The van der Waals surface area contributed by atoms with Crippen molar-refractivity contribution in [1.82, 2.24) is 10.2 Å². The number of hydrogen-bond acceptors (Lipinski definition) is 3.